The van der Waals surface area contributed by atoms with Crippen molar-refractivity contribution in [2.45, 2.75) is 33.4 Å². The molecule has 0 unspecified atom stereocenters. The lowest BCUT2D eigenvalue weighted by atomic mass is 10.1. The number of ether oxygens (including phenoxy) is 1. The monoisotopic (exact) mass is 326 g/mol. The van der Waals surface area contributed by atoms with Crippen LogP contribution in [0, 0.1) is 0 Å². The average Bonchev–Trinajstić information content (AvgIpc) is 2.64. The summed E-state index contributed by atoms with van der Waals surface area (Å²) in [6, 6.07) is 17.2. The van der Waals surface area contributed by atoms with Gasteiger partial charge in [-0.05, 0) is 48.3 Å². The van der Waals surface area contributed by atoms with Gasteiger partial charge in [-0.15, -0.1) is 0 Å². The predicted molar refractivity (Wildman–Crippen MR) is 101 cm³/mol. The number of likely N-dealkylation sites (N-methyl/N-ethyl adjacent to an activating group) is 1. The minimum atomic E-state index is 0.869. The molecule has 2 aromatic rings. The van der Waals surface area contributed by atoms with Gasteiger partial charge in [0.15, 0.2) is 0 Å². The van der Waals surface area contributed by atoms with Crippen molar-refractivity contribution in [3.63, 3.8) is 0 Å². The summed E-state index contributed by atoms with van der Waals surface area (Å²) in [6.45, 7) is 9.61. The van der Waals surface area contributed by atoms with Gasteiger partial charge in [-0.3, -0.25) is 0 Å². The van der Waals surface area contributed by atoms with Crippen LogP contribution in [0.15, 0.2) is 48.5 Å². The number of benzene rings is 2. The molecule has 0 aromatic heterocycles. The minimum Gasteiger partial charge on any atom is -0.497 e. The molecule has 1 N–H and O–H groups in total. The topological polar surface area (TPSA) is 24.5 Å². The van der Waals surface area contributed by atoms with Crippen molar-refractivity contribution in [1.29, 1.82) is 0 Å². The molecule has 2 aromatic carbocycles. The lowest BCUT2D eigenvalue weighted by Gasteiger charge is -2.17. The molecule has 130 valence electrons. The zero-order valence-electron chi connectivity index (χ0n) is 15.2. The summed E-state index contributed by atoms with van der Waals surface area (Å²) in [5.74, 6) is 0.902. The number of hydrogen-bond acceptors (Lipinski definition) is 3. The fourth-order valence-corrected chi connectivity index (χ4v) is 2.75. The molecule has 0 fully saturated rings. The molecule has 3 heteroatoms. The van der Waals surface area contributed by atoms with E-state index in [4.69, 9.17) is 4.74 Å². The molecule has 0 atom stereocenters. The Balaban J connectivity index is 1.74. The van der Waals surface area contributed by atoms with Crippen LogP contribution in [-0.2, 0) is 19.5 Å². The highest BCUT2D eigenvalue weighted by atomic mass is 16.5. The molecule has 0 bridgehead atoms. The second-order valence-corrected chi connectivity index (χ2v) is 6.05. The fourth-order valence-electron chi connectivity index (χ4n) is 2.75. The molecule has 0 amide bonds. The van der Waals surface area contributed by atoms with Crippen molar-refractivity contribution in [3.05, 3.63) is 65.2 Å². The van der Waals surface area contributed by atoms with E-state index in [1.54, 1.807) is 7.11 Å². The molecule has 0 aliphatic carbocycles. The van der Waals surface area contributed by atoms with E-state index in [9.17, 15) is 0 Å². The summed E-state index contributed by atoms with van der Waals surface area (Å²) >= 11 is 0. The summed E-state index contributed by atoms with van der Waals surface area (Å²) in [6.07, 6.45) is 1.13. The zero-order valence-corrected chi connectivity index (χ0v) is 15.2. The van der Waals surface area contributed by atoms with Gasteiger partial charge in [0.25, 0.3) is 0 Å². The quantitative estimate of drug-likeness (QED) is 0.717. The average molecular weight is 326 g/mol. The molecule has 0 saturated carbocycles. The van der Waals surface area contributed by atoms with Crippen molar-refractivity contribution >= 4 is 0 Å². The lowest BCUT2D eigenvalue weighted by molar-refractivity contribution is 0.308. The first-order chi connectivity index (χ1) is 11.7. The Hall–Kier alpha value is -1.84. The Morgan fingerprint density at radius 1 is 0.792 bits per heavy atom. The summed E-state index contributed by atoms with van der Waals surface area (Å²) < 4.78 is 5.18. The van der Waals surface area contributed by atoms with Crippen molar-refractivity contribution in [2.24, 2.45) is 0 Å². The molecule has 0 aliphatic heterocycles. The number of rotatable bonds is 10. The van der Waals surface area contributed by atoms with Crippen LogP contribution in [0.3, 0.4) is 0 Å². The highest BCUT2D eigenvalue weighted by Crippen LogP contribution is 2.11. The number of nitrogens with one attached hydrogen (secondary N) is 1. The van der Waals surface area contributed by atoms with E-state index in [2.05, 4.69) is 60.5 Å². The van der Waals surface area contributed by atoms with Crippen LogP contribution in [0.2, 0.25) is 0 Å². The normalized spacial score (nSPS) is 11.0. The third-order valence-electron chi connectivity index (χ3n) is 4.45. The first-order valence-corrected chi connectivity index (χ1v) is 8.89. The largest absolute Gasteiger partial charge is 0.497 e. The van der Waals surface area contributed by atoms with E-state index in [0.717, 1.165) is 44.9 Å². The third kappa shape index (κ3) is 5.99. The van der Waals surface area contributed by atoms with Crippen LogP contribution in [0.4, 0.5) is 0 Å². The molecule has 0 radical (unpaired) electrons. The maximum atomic E-state index is 5.18. The smallest absolute Gasteiger partial charge is 0.118 e. The zero-order chi connectivity index (χ0) is 17.2. The summed E-state index contributed by atoms with van der Waals surface area (Å²) in [5, 5.41) is 3.49. The van der Waals surface area contributed by atoms with Gasteiger partial charge < -0.3 is 15.0 Å². The Morgan fingerprint density at radius 2 is 1.29 bits per heavy atom. The summed E-state index contributed by atoms with van der Waals surface area (Å²) in [4.78, 5) is 2.46. The van der Waals surface area contributed by atoms with Crippen LogP contribution >= 0.6 is 0 Å². The van der Waals surface area contributed by atoms with Crippen molar-refractivity contribution in [3.8, 4) is 5.75 Å². The minimum absolute atomic E-state index is 0.869. The standard InChI is InChI=1S/C21H30N2O/c1-4-23(5-2)15-14-18-6-8-19(9-7-18)16-22-17-20-10-12-21(24-3)13-11-20/h6-13,22H,4-5,14-17H2,1-3H3. The van der Waals surface area contributed by atoms with Crippen molar-refractivity contribution < 1.29 is 4.74 Å². The van der Waals surface area contributed by atoms with Gasteiger partial charge in [0.2, 0.25) is 0 Å². The summed E-state index contributed by atoms with van der Waals surface area (Å²) in [5.41, 5.74) is 4.02. The van der Waals surface area contributed by atoms with Crippen molar-refractivity contribution in [2.75, 3.05) is 26.7 Å². The molecule has 3 nitrogen and oxygen atoms in total. The molecule has 2 rings (SSSR count). The fraction of sp³-hybridized carbons (Fsp3) is 0.429. The third-order valence-corrected chi connectivity index (χ3v) is 4.45. The van der Waals surface area contributed by atoms with E-state index in [1.807, 2.05) is 12.1 Å². The van der Waals surface area contributed by atoms with Gasteiger partial charge in [0.05, 0.1) is 7.11 Å². The Morgan fingerprint density at radius 3 is 1.79 bits per heavy atom. The van der Waals surface area contributed by atoms with Crippen LogP contribution < -0.4 is 10.1 Å². The Labute approximate surface area is 146 Å². The van der Waals surface area contributed by atoms with E-state index in [-0.39, 0.29) is 0 Å². The van der Waals surface area contributed by atoms with Crippen LogP contribution in [-0.4, -0.2) is 31.6 Å². The summed E-state index contributed by atoms with van der Waals surface area (Å²) in [7, 11) is 1.69. The van der Waals surface area contributed by atoms with E-state index >= 15 is 0 Å². The molecule has 0 spiro atoms. The highest BCUT2D eigenvalue weighted by molar-refractivity contribution is 5.27. The highest BCUT2D eigenvalue weighted by Gasteiger charge is 2.01. The predicted octanol–water partition coefficient (Wildman–Crippen LogP) is 3.87. The second-order valence-electron chi connectivity index (χ2n) is 6.05. The molecular weight excluding hydrogens is 296 g/mol. The van der Waals surface area contributed by atoms with Crippen molar-refractivity contribution in [1.82, 2.24) is 10.2 Å². The SMILES string of the molecule is CCN(CC)CCc1ccc(CNCc2ccc(OC)cc2)cc1. The first-order valence-electron chi connectivity index (χ1n) is 8.89. The van der Waals surface area contributed by atoms with Gasteiger partial charge in [-0.2, -0.15) is 0 Å². The van der Waals surface area contributed by atoms with Gasteiger partial charge >= 0.3 is 0 Å². The molecule has 0 aliphatic rings. The molecule has 0 heterocycles. The first kappa shape index (κ1) is 18.5. The van der Waals surface area contributed by atoms with Crippen LogP contribution in [0.1, 0.15) is 30.5 Å². The van der Waals surface area contributed by atoms with Crippen LogP contribution in [0.5, 0.6) is 5.75 Å². The van der Waals surface area contributed by atoms with Crippen LogP contribution in [0.25, 0.3) is 0 Å². The van der Waals surface area contributed by atoms with Gasteiger partial charge in [0, 0.05) is 19.6 Å². The van der Waals surface area contributed by atoms with Gasteiger partial charge in [-0.25, -0.2) is 0 Å². The molecular formula is C21H30N2O. The number of hydrogen-bond donors (Lipinski definition) is 1. The maximum Gasteiger partial charge on any atom is 0.118 e. The molecule has 0 saturated heterocycles. The Kier molecular flexibility index (Phi) is 7.80. The Bertz CT molecular complexity index is 574. The van der Waals surface area contributed by atoms with E-state index in [1.165, 1.54) is 16.7 Å². The lowest BCUT2D eigenvalue weighted by Crippen LogP contribution is -2.25. The van der Waals surface area contributed by atoms with E-state index in [0.29, 0.717) is 0 Å². The van der Waals surface area contributed by atoms with E-state index < -0.39 is 0 Å². The van der Waals surface area contributed by atoms with Gasteiger partial charge in [0.1, 0.15) is 5.75 Å². The second kappa shape index (κ2) is 10.1. The maximum absolute atomic E-state index is 5.18. The number of nitrogens with zero attached hydrogens (tertiary/aromatic N) is 1. The molecule has 24 heavy (non-hydrogen) atoms. The van der Waals surface area contributed by atoms with Gasteiger partial charge in [-0.1, -0.05) is 50.2 Å². The number of methoxy groups -OCH3 is 1.